The van der Waals surface area contributed by atoms with Gasteiger partial charge in [0.1, 0.15) is 11.6 Å². The second kappa shape index (κ2) is 8.73. The van der Waals surface area contributed by atoms with Crippen molar-refractivity contribution < 1.29 is 18.3 Å². The summed E-state index contributed by atoms with van der Waals surface area (Å²) in [4.78, 5) is 18.1. The third-order valence-electron chi connectivity index (χ3n) is 3.60. The number of carbonyl (C=O) groups is 1. The Morgan fingerprint density at radius 2 is 1.96 bits per heavy atom. The van der Waals surface area contributed by atoms with Crippen LogP contribution in [0.15, 0.2) is 42.6 Å². The van der Waals surface area contributed by atoms with Crippen LogP contribution < -0.4 is 10.1 Å². The zero-order chi connectivity index (χ0) is 18.4. The van der Waals surface area contributed by atoms with Crippen LogP contribution in [0.5, 0.6) is 5.75 Å². The molecule has 0 saturated heterocycles. The SMILES string of the molecule is CC(C(=O)Nc1ccc(Cl)cn1)N(C)Cc1ccc(OC(F)F)cc1. The van der Waals surface area contributed by atoms with E-state index in [2.05, 4.69) is 15.0 Å². The molecule has 1 N–H and O–H groups in total. The molecule has 0 aliphatic heterocycles. The fourth-order valence-corrected chi connectivity index (χ4v) is 2.19. The van der Waals surface area contributed by atoms with Gasteiger partial charge in [0, 0.05) is 12.7 Å². The summed E-state index contributed by atoms with van der Waals surface area (Å²) in [6.45, 7) is -0.615. The average Bonchev–Trinajstić information content (AvgIpc) is 2.57. The van der Waals surface area contributed by atoms with Crippen LogP contribution in [0.2, 0.25) is 5.02 Å². The minimum Gasteiger partial charge on any atom is -0.435 e. The van der Waals surface area contributed by atoms with Crippen molar-refractivity contribution in [1.29, 1.82) is 0 Å². The van der Waals surface area contributed by atoms with Crippen molar-refractivity contribution in [3.8, 4) is 5.75 Å². The number of anilines is 1. The van der Waals surface area contributed by atoms with E-state index in [1.807, 2.05) is 4.90 Å². The number of pyridine rings is 1. The molecule has 0 radical (unpaired) electrons. The number of benzene rings is 1. The molecule has 1 aromatic heterocycles. The van der Waals surface area contributed by atoms with Gasteiger partial charge in [0.25, 0.3) is 0 Å². The fourth-order valence-electron chi connectivity index (χ4n) is 2.08. The van der Waals surface area contributed by atoms with Gasteiger partial charge in [-0.1, -0.05) is 23.7 Å². The van der Waals surface area contributed by atoms with Gasteiger partial charge < -0.3 is 10.1 Å². The first-order valence-corrected chi connectivity index (χ1v) is 7.89. The largest absolute Gasteiger partial charge is 0.435 e. The number of halogens is 3. The molecule has 134 valence electrons. The predicted molar refractivity (Wildman–Crippen MR) is 91.9 cm³/mol. The van der Waals surface area contributed by atoms with Crippen LogP contribution in [0.4, 0.5) is 14.6 Å². The maximum absolute atomic E-state index is 12.3. The lowest BCUT2D eigenvalue weighted by Crippen LogP contribution is -2.39. The highest BCUT2D eigenvalue weighted by Gasteiger charge is 2.18. The number of aromatic nitrogens is 1. The number of nitrogens with zero attached hydrogens (tertiary/aromatic N) is 2. The van der Waals surface area contributed by atoms with E-state index in [1.165, 1.54) is 18.3 Å². The summed E-state index contributed by atoms with van der Waals surface area (Å²) in [6.07, 6.45) is 1.45. The Kier molecular flexibility index (Phi) is 6.66. The molecule has 0 spiro atoms. The first kappa shape index (κ1) is 19.1. The van der Waals surface area contributed by atoms with E-state index in [0.29, 0.717) is 17.4 Å². The van der Waals surface area contributed by atoms with Gasteiger partial charge in [-0.3, -0.25) is 9.69 Å². The molecule has 0 bridgehead atoms. The summed E-state index contributed by atoms with van der Waals surface area (Å²) >= 11 is 5.76. The maximum Gasteiger partial charge on any atom is 0.387 e. The number of ether oxygens (including phenoxy) is 1. The van der Waals surface area contributed by atoms with Crippen molar-refractivity contribution in [3.63, 3.8) is 0 Å². The smallest absolute Gasteiger partial charge is 0.387 e. The molecule has 8 heteroatoms. The van der Waals surface area contributed by atoms with E-state index in [0.717, 1.165) is 5.56 Å². The molecule has 0 saturated carbocycles. The van der Waals surface area contributed by atoms with E-state index in [-0.39, 0.29) is 11.7 Å². The molecular weight excluding hydrogens is 352 g/mol. The lowest BCUT2D eigenvalue weighted by atomic mass is 10.2. The Bertz CT molecular complexity index is 696. The molecular formula is C17H18ClF2N3O2. The summed E-state index contributed by atoms with van der Waals surface area (Å²) in [6, 6.07) is 9.14. The Hall–Kier alpha value is -2.25. The first-order valence-electron chi connectivity index (χ1n) is 7.51. The lowest BCUT2D eigenvalue weighted by molar-refractivity contribution is -0.120. The molecule has 0 aliphatic rings. The van der Waals surface area contributed by atoms with Crippen LogP contribution in [0, 0.1) is 0 Å². The number of alkyl halides is 2. The van der Waals surface area contributed by atoms with Gasteiger partial charge in [-0.05, 0) is 43.8 Å². The van der Waals surface area contributed by atoms with Crippen molar-refractivity contribution >= 4 is 23.3 Å². The van der Waals surface area contributed by atoms with Crippen molar-refractivity contribution in [2.24, 2.45) is 0 Å². The molecule has 0 aliphatic carbocycles. The Labute approximate surface area is 149 Å². The highest BCUT2D eigenvalue weighted by molar-refractivity contribution is 6.30. The second-order valence-electron chi connectivity index (χ2n) is 5.46. The fraction of sp³-hybridized carbons (Fsp3) is 0.294. The Morgan fingerprint density at radius 1 is 1.28 bits per heavy atom. The van der Waals surface area contributed by atoms with Gasteiger partial charge in [0.2, 0.25) is 5.91 Å². The summed E-state index contributed by atoms with van der Waals surface area (Å²) in [5.74, 6) is 0.305. The standard InChI is InChI=1S/C17H18ClF2N3O2/c1-11(16(24)22-15-8-5-13(18)9-21-15)23(2)10-12-3-6-14(7-4-12)25-17(19)20/h3-9,11,17H,10H2,1-2H3,(H,21,22,24). The zero-order valence-corrected chi connectivity index (χ0v) is 14.5. The monoisotopic (exact) mass is 369 g/mol. The highest BCUT2D eigenvalue weighted by Crippen LogP contribution is 2.17. The topological polar surface area (TPSA) is 54.5 Å². The summed E-state index contributed by atoms with van der Waals surface area (Å²) in [5, 5.41) is 3.20. The van der Waals surface area contributed by atoms with Crippen molar-refractivity contribution in [3.05, 3.63) is 53.2 Å². The molecule has 0 fully saturated rings. The van der Waals surface area contributed by atoms with E-state index in [4.69, 9.17) is 11.6 Å². The van der Waals surface area contributed by atoms with Gasteiger partial charge in [-0.2, -0.15) is 8.78 Å². The van der Waals surface area contributed by atoms with Gasteiger partial charge in [0.05, 0.1) is 11.1 Å². The molecule has 5 nitrogen and oxygen atoms in total. The summed E-state index contributed by atoms with van der Waals surface area (Å²) in [7, 11) is 1.79. The molecule has 25 heavy (non-hydrogen) atoms. The number of hydrogen-bond acceptors (Lipinski definition) is 4. The highest BCUT2D eigenvalue weighted by atomic mass is 35.5. The van der Waals surface area contributed by atoms with Crippen molar-refractivity contribution in [2.75, 3.05) is 12.4 Å². The van der Waals surface area contributed by atoms with E-state index in [1.54, 1.807) is 38.2 Å². The lowest BCUT2D eigenvalue weighted by Gasteiger charge is -2.23. The minimum absolute atomic E-state index is 0.0982. The van der Waals surface area contributed by atoms with Gasteiger partial charge >= 0.3 is 6.61 Å². The molecule has 1 amide bonds. The molecule has 1 atom stereocenters. The van der Waals surface area contributed by atoms with Crippen molar-refractivity contribution in [2.45, 2.75) is 26.1 Å². The molecule has 2 rings (SSSR count). The average molecular weight is 370 g/mol. The van der Waals surface area contributed by atoms with Crippen LogP contribution in [0.3, 0.4) is 0 Å². The quantitative estimate of drug-likeness (QED) is 0.806. The van der Waals surface area contributed by atoms with Crippen LogP contribution in [0.1, 0.15) is 12.5 Å². The molecule has 2 aromatic rings. The number of carbonyl (C=O) groups excluding carboxylic acids is 1. The van der Waals surface area contributed by atoms with Crippen LogP contribution in [-0.4, -0.2) is 35.5 Å². The number of likely N-dealkylation sites (N-methyl/N-ethyl adjacent to an activating group) is 1. The Morgan fingerprint density at radius 3 is 2.52 bits per heavy atom. The first-order chi connectivity index (χ1) is 11.8. The van der Waals surface area contributed by atoms with Crippen LogP contribution in [0.25, 0.3) is 0 Å². The van der Waals surface area contributed by atoms with E-state index < -0.39 is 12.7 Å². The third kappa shape index (κ3) is 5.95. The number of nitrogens with one attached hydrogen (secondary N) is 1. The van der Waals surface area contributed by atoms with E-state index >= 15 is 0 Å². The molecule has 1 aromatic carbocycles. The number of hydrogen-bond donors (Lipinski definition) is 1. The van der Waals surface area contributed by atoms with E-state index in [9.17, 15) is 13.6 Å². The van der Waals surface area contributed by atoms with Crippen LogP contribution >= 0.6 is 11.6 Å². The molecule has 1 unspecified atom stereocenters. The van der Waals surface area contributed by atoms with Gasteiger partial charge in [0.15, 0.2) is 0 Å². The molecule has 1 heterocycles. The maximum atomic E-state index is 12.3. The van der Waals surface area contributed by atoms with Gasteiger partial charge in [-0.15, -0.1) is 0 Å². The number of rotatable bonds is 7. The van der Waals surface area contributed by atoms with Crippen LogP contribution in [-0.2, 0) is 11.3 Å². The normalized spacial score (nSPS) is 12.3. The van der Waals surface area contributed by atoms with Crippen molar-refractivity contribution in [1.82, 2.24) is 9.88 Å². The summed E-state index contributed by atoms with van der Waals surface area (Å²) < 4.78 is 28.6. The predicted octanol–water partition coefficient (Wildman–Crippen LogP) is 3.80. The Balaban J connectivity index is 1.91. The zero-order valence-electron chi connectivity index (χ0n) is 13.7. The number of amides is 1. The van der Waals surface area contributed by atoms with Gasteiger partial charge in [-0.25, -0.2) is 4.98 Å². The third-order valence-corrected chi connectivity index (χ3v) is 3.82. The second-order valence-corrected chi connectivity index (χ2v) is 5.90. The minimum atomic E-state index is -2.85. The summed E-state index contributed by atoms with van der Waals surface area (Å²) in [5.41, 5.74) is 0.869.